The number of unbranched alkanes of at least 4 members (excludes halogenated alkanes) is 8. The van der Waals surface area contributed by atoms with Crippen LogP contribution in [0.4, 0.5) is 0 Å². The summed E-state index contributed by atoms with van der Waals surface area (Å²) in [5.41, 5.74) is 0. The Morgan fingerprint density at radius 2 is 1.39 bits per heavy atom. The fraction of sp³-hybridized carbons (Fsp3) is 0.917. The Kier molecular flexibility index (Phi) is 18.2. The van der Waals surface area contributed by atoms with Gasteiger partial charge in [-0.2, -0.15) is 0 Å². The van der Waals surface area contributed by atoms with E-state index in [2.05, 4.69) is 6.92 Å². The van der Waals surface area contributed by atoms with Gasteiger partial charge in [-0.3, -0.25) is 4.79 Å². The van der Waals surface area contributed by atoms with Crippen molar-refractivity contribution in [2.75, 3.05) is 0 Å². The fourth-order valence-corrected chi connectivity index (χ4v) is 1.59. The third-order valence-electron chi connectivity index (χ3n) is 2.49. The minimum absolute atomic E-state index is 0.153. The first-order valence-corrected chi connectivity index (χ1v) is 8.00. The SMILES string of the molecule is CCCCCCCCCCCC(=O)O.O=[N+]([O-])[Zn]. The van der Waals surface area contributed by atoms with Gasteiger partial charge in [0.1, 0.15) is 0 Å². The van der Waals surface area contributed by atoms with Gasteiger partial charge in [0.15, 0.2) is 0 Å². The number of nitrogens with zero attached hydrogens (tertiary/aromatic N) is 1. The van der Waals surface area contributed by atoms with Crippen molar-refractivity contribution in [3.8, 4) is 0 Å². The molecule has 6 heteroatoms. The molecule has 0 rings (SSSR count). The van der Waals surface area contributed by atoms with Crippen LogP contribution in [0.25, 0.3) is 0 Å². The maximum absolute atomic E-state index is 10.2. The molecule has 0 aromatic heterocycles. The van der Waals surface area contributed by atoms with E-state index in [1.165, 1.54) is 44.9 Å². The summed E-state index contributed by atoms with van der Waals surface area (Å²) in [7, 11) is 0. The molecular weight excluding hydrogens is 288 g/mol. The van der Waals surface area contributed by atoms with Crippen molar-refractivity contribution in [1.82, 2.24) is 0 Å². The Morgan fingerprint density at radius 1 is 1.06 bits per heavy atom. The van der Waals surface area contributed by atoms with Crippen LogP contribution in [0.15, 0.2) is 0 Å². The Morgan fingerprint density at radius 3 is 1.72 bits per heavy atom. The molecule has 0 amide bonds. The van der Waals surface area contributed by atoms with E-state index in [0.717, 1.165) is 12.8 Å². The predicted octanol–water partition coefficient (Wildman–Crippen LogP) is 3.72. The van der Waals surface area contributed by atoms with Gasteiger partial charge in [0.05, 0.1) is 0 Å². The monoisotopic (exact) mass is 310 g/mol. The van der Waals surface area contributed by atoms with E-state index in [9.17, 15) is 4.79 Å². The maximum atomic E-state index is 10.2. The Bertz CT molecular complexity index is 208. The van der Waals surface area contributed by atoms with Gasteiger partial charge >= 0.3 is 38.3 Å². The van der Waals surface area contributed by atoms with Crippen LogP contribution in [0.3, 0.4) is 0 Å². The van der Waals surface area contributed by atoms with E-state index >= 15 is 0 Å². The number of rotatable bonds is 10. The van der Waals surface area contributed by atoms with Crippen LogP contribution in [-0.2, 0) is 23.3 Å². The zero-order valence-corrected chi connectivity index (χ0v) is 14.4. The molecule has 0 unspecified atom stereocenters. The van der Waals surface area contributed by atoms with E-state index in [4.69, 9.17) is 15.2 Å². The summed E-state index contributed by atoms with van der Waals surface area (Å²) in [4.78, 5) is 19.1. The average molecular weight is 312 g/mol. The van der Waals surface area contributed by atoms with Crippen LogP contribution in [0, 0.1) is 10.1 Å². The molecule has 0 fully saturated rings. The minimum atomic E-state index is -0.659. The van der Waals surface area contributed by atoms with Crippen LogP contribution < -0.4 is 0 Å². The second-order valence-corrected chi connectivity index (χ2v) is 5.39. The molecule has 5 nitrogen and oxygen atoms in total. The molecule has 0 aromatic carbocycles. The fourth-order valence-electron chi connectivity index (χ4n) is 1.59. The molecule has 103 valence electrons. The molecule has 0 aliphatic carbocycles. The van der Waals surface area contributed by atoms with Gasteiger partial charge in [-0.05, 0) is 6.42 Å². The molecule has 1 N–H and O–H groups in total. The molecule has 0 saturated carbocycles. The molecule has 0 spiro atoms. The number of hydrogen-bond donors (Lipinski definition) is 1. The van der Waals surface area contributed by atoms with E-state index in [-0.39, 0.29) is 22.2 Å². The number of carboxylic acids is 1. The summed E-state index contributed by atoms with van der Waals surface area (Å²) in [5.74, 6) is -0.659. The van der Waals surface area contributed by atoms with Gasteiger partial charge in [0.25, 0.3) is 0 Å². The second kappa shape index (κ2) is 16.5. The Hall–Kier alpha value is -0.507. The first-order chi connectivity index (χ1) is 8.50. The van der Waals surface area contributed by atoms with Gasteiger partial charge < -0.3 is 5.11 Å². The topological polar surface area (TPSA) is 80.4 Å². The summed E-state index contributed by atoms with van der Waals surface area (Å²) in [6.07, 6.45) is 11.5. The standard InChI is InChI=1S/C12H24O2.NO2.Zn/c1-2-3-4-5-6-7-8-9-10-11-12(13)14;2-1-3;/h2-11H2,1H3,(H,13,14);;. The van der Waals surface area contributed by atoms with Crippen molar-refractivity contribution in [2.24, 2.45) is 0 Å². The molecule has 0 saturated heterocycles. The average Bonchev–Trinajstić information content (AvgIpc) is 2.26. The number of aliphatic carboxylic acids is 1. The van der Waals surface area contributed by atoms with E-state index in [1.54, 1.807) is 0 Å². The Labute approximate surface area is 119 Å². The molecule has 0 atom stereocenters. The summed E-state index contributed by atoms with van der Waals surface area (Å²) >= 11 is 0.153. The van der Waals surface area contributed by atoms with Gasteiger partial charge in [-0.15, -0.1) is 0 Å². The number of carbonyl (C=O) groups is 1. The third kappa shape index (κ3) is 29.6. The molecule has 0 aromatic rings. The van der Waals surface area contributed by atoms with Crippen molar-refractivity contribution in [3.05, 3.63) is 10.1 Å². The van der Waals surface area contributed by atoms with Crippen LogP contribution in [0.5, 0.6) is 0 Å². The van der Waals surface area contributed by atoms with Crippen LogP contribution in [0.2, 0.25) is 0 Å². The van der Waals surface area contributed by atoms with Crippen LogP contribution in [0.1, 0.15) is 71.1 Å². The van der Waals surface area contributed by atoms with Gasteiger partial charge in [0.2, 0.25) is 0 Å². The third-order valence-corrected chi connectivity index (χ3v) is 2.49. The van der Waals surface area contributed by atoms with Crippen LogP contribution in [-0.4, -0.2) is 14.7 Å². The van der Waals surface area contributed by atoms with Crippen molar-refractivity contribution < 1.29 is 32.1 Å². The van der Waals surface area contributed by atoms with Crippen molar-refractivity contribution in [1.29, 1.82) is 0 Å². The quantitative estimate of drug-likeness (QED) is 0.288. The van der Waals surface area contributed by atoms with Gasteiger partial charge in [-0.1, -0.05) is 58.3 Å². The first-order valence-electron chi connectivity index (χ1n) is 6.67. The number of carboxylic acid groups (broad SMARTS) is 1. The van der Waals surface area contributed by atoms with Crippen LogP contribution >= 0.6 is 0 Å². The molecular formula is C12H24NO4Zn. The van der Waals surface area contributed by atoms with E-state index < -0.39 is 5.97 Å². The van der Waals surface area contributed by atoms with Crippen molar-refractivity contribution in [3.63, 3.8) is 0 Å². The van der Waals surface area contributed by atoms with E-state index in [0.29, 0.717) is 6.42 Å². The number of hydrogen-bond acceptors (Lipinski definition) is 3. The molecule has 0 radical (unpaired) electrons. The normalized spacial score (nSPS) is 9.50. The molecule has 18 heavy (non-hydrogen) atoms. The second-order valence-electron chi connectivity index (χ2n) is 4.30. The van der Waals surface area contributed by atoms with Gasteiger partial charge in [0, 0.05) is 6.42 Å². The first kappa shape index (κ1) is 19.8. The van der Waals surface area contributed by atoms with E-state index in [1.807, 2.05) is 0 Å². The molecule has 0 aliphatic heterocycles. The molecule has 0 heterocycles. The van der Waals surface area contributed by atoms with Gasteiger partial charge in [-0.25, -0.2) is 0 Å². The summed E-state index contributed by atoms with van der Waals surface area (Å²) in [6.45, 7) is 2.23. The summed E-state index contributed by atoms with van der Waals surface area (Å²) < 4.78 is -0.375. The van der Waals surface area contributed by atoms with Crippen molar-refractivity contribution >= 4 is 5.97 Å². The number of nitro groups is 1. The summed E-state index contributed by atoms with van der Waals surface area (Å²) in [6, 6.07) is 0. The summed E-state index contributed by atoms with van der Waals surface area (Å²) in [5, 5.41) is 17.3. The Balaban J connectivity index is 0. The zero-order valence-electron chi connectivity index (χ0n) is 11.4. The molecule has 0 bridgehead atoms. The zero-order chi connectivity index (χ0) is 14.2. The van der Waals surface area contributed by atoms with Crippen molar-refractivity contribution in [2.45, 2.75) is 71.1 Å². The molecule has 0 aliphatic rings. The predicted molar refractivity (Wildman–Crippen MR) is 66.5 cm³/mol.